The number of aromatic nitrogens is 2. The van der Waals surface area contributed by atoms with E-state index in [1.54, 1.807) is 24.3 Å². The van der Waals surface area contributed by atoms with Crippen LogP contribution in [-0.2, 0) is 4.79 Å². The summed E-state index contributed by atoms with van der Waals surface area (Å²) >= 11 is 1.38. The Morgan fingerprint density at radius 3 is 2.26 bits per heavy atom. The van der Waals surface area contributed by atoms with Crippen LogP contribution in [0.5, 0.6) is 0 Å². The molecule has 7 heteroatoms. The Balaban J connectivity index is 1.52. The lowest BCUT2D eigenvalue weighted by atomic mass is 10.1. The molecule has 1 fully saturated rings. The summed E-state index contributed by atoms with van der Waals surface area (Å²) < 4.78 is 0. The highest BCUT2D eigenvalue weighted by atomic mass is 32.1. The lowest BCUT2D eigenvalue weighted by molar-refractivity contribution is -0.117. The molecule has 2 N–H and O–H groups in total. The minimum Gasteiger partial charge on any atom is -0.326 e. The topological polar surface area (TPSA) is 84.0 Å². The molecule has 1 aromatic carbocycles. The zero-order valence-electron chi connectivity index (χ0n) is 15.4. The minimum atomic E-state index is -0.165. The molecule has 27 heavy (non-hydrogen) atoms. The van der Waals surface area contributed by atoms with Crippen LogP contribution in [0.4, 0.5) is 11.4 Å². The van der Waals surface area contributed by atoms with Gasteiger partial charge in [-0.15, -0.1) is 11.3 Å². The molecule has 0 radical (unpaired) electrons. The van der Waals surface area contributed by atoms with Crippen LogP contribution in [0.2, 0.25) is 0 Å². The van der Waals surface area contributed by atoms with E-state index in [1.807, 2.05) is 20.8 Å². The second kappa shape index (κ2) is 6.74. The first-order valence-corrected chi connectivity index (χ1v) is 9.70. The van der Waals surface area contributed by atoms with E-state index >= 15 is 0 Å². The fourth-order valence-corrected chi connectivity index (χ4v) is 4.28. The number of carbonyl (C=O) groups is 2. The van der Waals surface area contributed by atoms with Gasteiger partial charge in [-0.3, -0.25) is 9.59 Å². The third-order valence-corrected chi connectivity index (χ3v) is 5.83. The molecule has 1 aliphatic rings. The van der Waals surface area contributed by atoms with Crippen molar-refractivity contribution in [1.29, 1.82) is 0 Å². The maximum absolute atomic E-state index is 12.7. The lowest BCUT2D eigenvalue weighted by Crippen LogP contribution is -2.14. The van der Waals surface area contributed by atoms with Crippen LogP contribution < -0.4 is 10.6 Å². The number of amides is 2. The van der Waals surface area contributed by atoms with Crippen molar-refractivity contribution in [2.75, 3.05) is 10.6 Å². The van der Waals surface area contributed by atoms with Crippen LogP contribution in [0.15, 0.2) is 24.3 Å². The highest BCUT2D eigenvalue weighted by Crippen LogP contribution is 2.32. The summed E-state index contributed by atoms with van der Waals surface area (Å²) in [6.45, 7) is 5.72. The van der Waals surface area contributed by atoms with Crippen LogP contribution >= 0.6 is 11.3 Å². The Morgan fingerprint density at radius 1 is 1.00 bits per heavy atom. The van der Waals surface area contributed by atoms with E-state index in [9.17, 15) is 9.59 Å². The van der Waals surface area contributed by atoms with E-state index in [2.05, 4.69) is 20.6 Å². The van der Waals surface area contributed by atoms with E-state index in [0.29, 0.717) is 16.4 Å². The first-order valence-electron chi connectivity index (χ1n) is 8.89. The van der Waals surface area contributed by atoms with Crippen LogP contribution in [0.3, 0.4) is 0 Å². The van der Waals surface area contributed by atoms with Crippen molar-refractivity contribution >= 4 is 44.7 Å². The van der Waals surface area contributed by atoms with Crippen molar-refractivity contribution in [3.8, 4) is 0 Å². The van der Waals surface area contributed by atoms with Gasteiger partial charge in [0.1, 0.15) is 10.7 Å². The molecule has 0 unspecified atom stereocenters. The molecule has 0 atom stereocenters. The van der Waals surface area contributed by atoms with Gasteiger partial charge >= 0.3 is 0 Å². The van der Waals surface area contributed by atoms with Crippen LogP contribution in [0.25, 0.3) is 10.2 Å². The van der Waals surface area contributed by atoms with Gasteiger partial charge in [0, 0.05) is 28.4 Å². The molecular formula is C20H20N4O2S. The number of hydrogen-bond acceptors (Lipinski definition) is 5. The summed E-state index contributed by atoms with van der Waals surface area (Å²) in [6, 6.07) is 7.18. The molecule has 4 rings (SSSR count). The summed E-state index contributed by atoms with van der Waals surface area (Å²) in [7, 11) is 0. The second-order valence-corrected chi connectivity index (χ2v) is 7.89. The third-order valence-electron chi connectivity index (χ3n) is 4.65. The molecule has 2 amide bonds. The molecule has 0 saturated heterocycles. The van der Waals surface area contributed by atoms with Crippen molar-refractivity contribution in [1.82, 2.24) is 9.97 Å². The van der Waals surface area contributed by atoms with E-state index in [0.717, 1.165) is 40.0 Å². The summed E-state index contributed by atoms with van der Waals surface area (Å²) in [5.74, 6) is 0.773. The standard InChI is InChI=1S/C20H20N4O2S/c1-10-16-11(2)21-12(3)22-20(16)27-17(10)19(26)24-15-8-6-14(7-9-15)23-18(25)13-4-5-13/h6-9,13H,4-5H2,1-3H3,(H,23,25)(H,24,26). The number of thiophene rings is 1. The van der Waals surface area contributed by atoms with Gasteiger partial charge in [-0.1, -0.05) is 0 Å². The SMILES string of the molecule is Cc1nc(C)c2c(C)c(C(=O)Nc3ccc(NC(=O)C4CC4)cc3)sc2n1. The number of hydrogen-bond donors (Lipinski definition) is 2. The summed E-state index contributed by atoms with van der Waals surface area (Å²) in [5, 5.41) is 6.76. The monoisotopic (exact) mass is 380 g/mol. The van der Waals surface area contributed by atoms with Gasteiger partial charge in [0.25, 0.3) is 5.91 Å². The van der Waals surface area contributed by atoms with Gasteiger partial charge in [0.2, 0.25) is 5.91 Å². The predicted molar refractivity (Wildman–Crippen MR) is 107 cm³/mol. The van der Waals surface area contributed by atoms with E-state index < -0.39 is 0 Å². The molecule has 138 valence electrons. The number of carbonyl (C=O) groups excluding carboxylic acids is 2. The number of benzene rings is 1. The first kappa shape index (κ1) is 17.6. The molecule has 0 aliphatic heterocycles. The zero-order valence-corrected chi connectivity index (χ0v) is 16.2. The Kier molecular flexibility index (Phi) is 4.39. The molecule has 0 bridgehead atoms. The van der Waals surface area contributed by atoms with Crippen molar-refractivity contribution in [3.05, 3.63) is 46.2 Å². The average Bonchev–Trinajstić information content (AvgIpc) is 3.41. The van der Waals surface area contributed by atoms with Gasteiger partial charge in [0.15, 0.2) is 0 Å². The molecule has 6 nitrogen and oxygen atoms in total. The molecule has 1 aliphatic carbocycles. The fraction of sp³-hybridized carbons (Fsp3) is 0.300. The van der Waals surface area contributed by atoms with Crippen molar-refractivity contribution in [3.63, 3.8) is 0 Å². The lowest BCUT2D eigenvalue weighted by Gasteiger charge is -2.07. The number of nitrogens with one attached hydrogen (secondary N) is 2. The summed E-state index contributed by atoms with van der Waals surface area (Å²) in [4.78, 5) is 34.9. The Labute approximate surface area is 161 Å². The van der Waals surface area contributed by atoms with E-state index in [4.69, 9.17) is 0 Å². The van der Waals surface area contributed by atoms with Crippen LogP contribution in [-0.4, -0.2) is 21.8 Å². The number of nitrogens with zero attached hydrogens (tertiary/aromatic N) is 2. The maximum Gasteiger partial charge on any atom is 0.266 e. The second-order valence-electron chi connectivity index (χ2n) is 6.89. The summed E-state index contributed by atoms with van der Waals surface area (Å²) in [6.07, 6.45) is 1.94. The van der Waals surface area contributed by atoms with Gasteiger partial charge in [0.05, 0.1) is 4.88 Å². The van der Waals surface area contributed by atoms with Crippen molar-refractivity contribution in [2.45, 2.75) is 33.6 Å². The molecule has 2 heterocycles. The molecule has 1 saturated carbocycles. The van der Waals surface area contributed by atoms with Crippen LogP contribution in [0, 0.1) is 26.7 Å². The van der Waals surface area contributed by atoms with E-state index in [-0.39, 0.29) is 17.7 Å². The van der Waals surface area contributed by atoms with Crippen molar-refractivity contribution in [2.24, 2.45) is 5.92 Å². The number of fused-ring (bicyclic) bond motifs is 1. The summed E-state index contributed by atoms with van der Waals surface area (Å²) in [5.41, 5.74) is 3.21. The largest absolute Gasteiger partial charge is 0.326 e. The molecular weight excluding hydrogens is 360 g/mol. The van der Waals surface area contributed by atoms with Gasteiger partial charge < -0.3 is 10.6 Å². The van der Waals surface area contributed by atoms with Crippen LogP contribution in [0.1, 0.15) is 39.6 Å². The highest BCUT2D eigenvalue weighted by molar-refractivity contribution is 7.20. The normalized spacial score (nSPS) is 13.6. The predicted octanol–water partition coefficient (Wildman–Crippen LogP) is 4.22. The van der Waals surface area contributed by atoms with E-state index in [1.165, 1.54) is 11.3 Å². The first-order chi connectivity index (χ1) is 12.9. The highest BCUT2D eigenvalue weighted by Gasteiger charge is 2.29. The smallest absolute Gasteiger partial charge is 0.266 e. The Morgan fingerprint density at radius 2 is 1.63 bits per heavy atom. The Bertz CT molecular complexity index is 1050. The van der Waals surface area contributed by atoms with Gasteiger partial charge in [-0.25, -0.2) is 9.97 Å². The minimum absolute atomic E-state index is 0.0689. The Hall–Kier alpha value is -2.80. The molecule has 0 spiro atoms. The fourth-order valence-electron chi connectivity index (χ4n) is 3.10. The number of aryl methyl sites for hydroxylation is 3. The third kappa shape index (κ3) is 3.55. The van der Waals surface area contributed by atoms with Crippen molar-refractivity contribution < 1.29 is 9.59 Å². The molecule has 3 aromatic rings. The average molecular weight is 380 g/mol. The van der Waals surface area contributed by atoms with Gasteiger partial charge in [-0.05, 0) is 63.4 Å². The number of rotatable bonds is 4. The quantitative estimate of drug-likeness (QED) is 0.710. The zero-order chi connectivity index (χ0) is 19.1. The number of anilines is 2. The van der Waals surface area contributed by atoms with Gasteiger partial charge in [-0.2, -0.15) is 0 Å². The maximum atomic E-state index is 12.7. The molecule has 2 aromatic heterocycles.